The zero-order valence-corrected chi connectivity index (χ0v) is 14.8. The molecule has 1 unspecified atom stereocenters. The minimum atomic E-state index is -0.217. The van der Waals surface area contributed by atoms with Crippen molar-refractivity contribution in [1.82, 2.24) is 29.1 Å². The van der Waals surface area contributed by atoms with Crippen LogP contribution in [0.1, 0.15) is 17.4 Å². The van der Waals surface area contributed by atoms with E-state index in [-0.39, 0.29) is 6.04 Å². The molecule has 4 rings (SSSR count). The van der Waals surface area contributed by atoms with Crippen LogP contribution in [0.15, 0.2) is 49.3 Å². The summed E-state index contributed by atoms with van der Waals surface area (Å²) in [4.78, 5) is 17.6. The van der Waals surface area contributed by atoms with Crippen LogP contribution >= 0.6 is 0 Å². The van der Waals surface area contributed by atoms with Crippen molar-refractivity contribution in [1.29, 1.82) is 0 Å². The molecule has 1 atom stereocenters. The highest BCUT2D eigenvalue weighted by Crippen LogP contribution is 2.29. The maximum absolute atomic E-state index is 5.38. The van der Waals surface area contributed by atoms with Crippen molar-refractivity contribution in [3.8, 4) is 5.75 Å². The van der Waals surface area contributed by atoms with E-state index >= 15 is 0 Å². The monoisotopic (exact) mass is 349 g/mol. The molecular weight excluding hydrogens is 330 g/mol. The fourth-order valence-corrected chi connectivity index (χ4v) is 2.96. The van der Waals surface area contributed by atoms with Gasteiger partial charge >= 0.3 is 0 Å². The van der Waals surface area contributed by atoms with Crippen molar-refractivity contribution in [2.45, 2.75) is 6.04 Å². The zero-order valence-electron chi connectivity index (χ0n) is 14.8. The molecule has 132 valence electrons. The Bertz CT molecular complexity index is 1050. The van der Waals surface area contributed by atoms with Gasteiger partial charge in [0.05, 0.1) is 13.4 Å². The Balaban J connectivity index is 1.81. The number of hydrogen-bond donors (Lipinski definition) is 1. The molecular formula is C18H19N7O. The van der Waals surface area contributed by atoms with E-state index in [1.54, 1.807) is 19.6 Å². The van der Waals surface area contributed by atoms with Gasteiger partial charge in [-0.2, -0.15) is 0 Å². The second-order valence-electron chi connectivity index (χ2n) is 6.00. The molecule has 0 fully saturated rings. The summed E-state index contributed by atoms with van der Waals surface area (Å²) in [5.74, 6) is 2.31. The average Bonchev–Trinajstić information content (AvgIpc) is 3.26. The third-order valence-electron chi connectivity index (χ3n) is 4.32. The fraction of sp³-hybridized carbons (Fsp3) is 0.222. The molecule has 0 amide bonds. The molecule has 1 aromatic carbocycles. The molecule has 0 aliphatic rings. The van der Waals surface area contributed by atoms with Crippen LogP contribution in [0.4, 0.5) is 5.82 Å². The predicted octanol–water partition coefficient (Wildman–Crippen LogP) is 2.31. The van der Waals surface area contributed by atoms with Gasteiger partial charge in [-0.05, 0) is 17.7 Å². The summed E-state index contributed by atoms with van der Waals surface area (Å²) in [6.07, 6.45) is 6.96. The molecule has 0 bridgehead atoms. The summed E-state index contributed by atoms with van der Waals surface area (Å²) in [5, 5.41) is 3.48. The molecule has 3 aromatic heterocycles. The van der Waals surface area contributed by atoms with E-state index in [1.807, 2.05) is 53.7 Å². The van der Waals surface area contributed by atoms with Crippen LogP contribution in [0, 0.1) is 0 Å². The number of aromatic nitrogens is 6. The lowest BCUT2D eigenvalue weighted by molar-refractivity contribution is 0.414. The van der Waals surface area contributed by atoms with Gasteiger partial charge in [-0.25, -0.2) is 19.9 Å². The van der Waals surface area contributed by atoms with Crippen molar-refractivity contribution >= 4 is 17.0 Å². The Morgan fingerprint density at radius 1 is 1.08 bits per heavy atom. The van der Waals surface area contributed by atoms with E-state index in [0.29, 0.717) is 5.82 Å². The quantitative estimate of drug-likeness (QED) is 0.595. The zero-order chi connectivity index (χ0) is 18.1. The summed E-state index contributed by atoms with van der Waals surface area (Å²) < 4.78 is 9.22. The van der Waals surface area contributed by atoms with Gasteiger partial charge in [0.1, 0.15) is 29.5 Å². The largest absolute Gasteiger partial charge is 0.497 e. The first-order chi connectivity index (χ1) is 12.7. The lowest BCUT2D eigenvalue weighted by Crippen LogP contribution is -2.18. The lowest BCUT2D eigenvalue weighted by Gasteiger charge is -2.20. The van der Waals surface area contributed by atoms with Crippen molar-refractivity contribution in [2.75, 3.05) is 12.4 Å². The fourth-order valence-electron chi connectivity index (χ4n) is 2.96. The normalized spacial score (nSPS) is 12.3. The second-order valence-corrected chi connectivity index (χ2v) is 6.00. The van der Waals surface area contributed by atoms with Crippen LogP contribution < -0.4 is 10.1 Å². The Labute approximate surface area is 150 Å². The number of nitrogens with one attached hydrogen (secondary N) is 1. The van der Waals surface area contributed by atoms with E-state index in [0.717, 1.165) is 28.3 Å². The molecule has 0 aliphatic carbocycles. The van der Waals surface area contributed by atoms with Crippen molar-refractivity contribution in [3.63, 3.8) is 0 Å². The standard InChI is InChI=1S/C18H19N7O/c1-24-8-7-19-17(24)14(12-5-4-6-13(9-12)26-3)23-16-15-18(21-10-20-16)25(2)11-22-15/h4-11,14H,1-3H3,(H,20,21,23). The van der Waals surface area contributed by atoms with Gasteiger partial charge in [0.15, 0.2) is 11.5 Å². The highest BCUT2D eigenvalue weighted by Gasteiger charge is 2.21. The number of aryl methyl sites for hydroxylation is 2. The average molecular weight is 349 g/mol. The highest BCUT2D eigenvalue weighted by atomic mass is 16.5. The molecule has 4 aromatic rings. The predicted molar refractivity (Wildman–Crippen MR) is 98.0 cm³/mol. The topological polar surface area (TPSA) is 82.7 Å². The number of imidazole rings is 2. The summed E-state index contributed by atoms with van der Waals surface area (Å²) in [6, 6.07) is 7.68. The molecule has 0 saturated carbocycles. The number of anilines is 1. The second kappa shape index (κ2) is 6.47. The number of ether oxygens (including phenoxy) is 1. The van der Waals surface area contributed by atoms with Gasteiger partial charge < -0.3 is 19.2 Å². The Morgan fingerprint density at radius 2 is 1.96 bits per heavy atom. The summed E-state index contributed by atoms with van der Waals surface area (Å²) in [6.45, 7) is 0. The van der Waals surface area contributed by atoms with Crippen molar-refractivity contribution in [3.05, 3.63) is 60.7 Å². The minimum absolute atomic E-state index is 0.217. The van der Waals surface area contributed by atoms with E-state index in [1.165, 1.54) is 6.33 Å². The molecule has 1 N–H and O–H groups in total. The summed E-state index contributed by atoms with van der Waals surface area (Å²) in [7, 11) is 5.53. The van der Waals surface area contributed by atoms with E-state index in [9.17, 15) is 0 Å². The first-order valence-corrected chi connectivity index (χ1v) is 8.17. The molecule has 0 aliphatic heterocycles. The number of rotatable bonds is 5. The summed E-state index contributed by atoms with van der Waals surface area (Å²) >= 11 is 0. The first-order valence-electron chi connectivity index (χ1n) is 8.17. The Kier molecular flexibility index (Phi) is 4.00. The SMILES string of the molecule is COc1cccc(C(Nc2ncnc3c2ncn3C)c2nccn2C)c1. The van der Waals surface area contributed by atoms with Gasteiger partial charge in [-0.15, -0.1) is 0 Å². The lowest BCUT2D eigenvalue weighted by atomic mass is 10.1. The maximum atomic E-state index is 5.38. The van der Waals surface area contributed by atoms with Gasteiger partial charge in [-0.3, -0.25) is 0 Å². The molecule has 8 nitrogen and oxygen atoms in total. The Morgan fingerprint density at radius 3 is 2.73 bits per heavy atom. The third kappa shape index (κ3) is 2.75. The molecule has 8 heteroatoms. The number of methoxy groups -OCH3 is 1. The third-order valence-corrected chi connectivity index (χ3v) is 4.32. The van der Waals surface area contributed by atoms with Crippen LogP contribution in [-0.4, -0.2) is 36.2 Å². The molecule has 26 heavy (non-hydrogen) atoms. The van der Waals surface area contributed by atoms with Gasteiger partial charge in [0, 0.05) is 26.5 Å². The number of benzene rings is 1. The van der Waals surface area contributed by atoms with Gasteiger partial charge in [0.25, 0.3) is 0 Å². The summed E-state index contributed by atoms with van der Waals surface area (Å²) in [5.41, 5.74) is 2.50. The van der Waals surface area contributed by atoms with Crippen LogP contribution in [0.3, 0.4) is 0 Å². The van der Waals surface area contributed by atoms with E-state index in [2.05, 4.69) is 25.3 Å². The molecule has 0 radical (unpaired) electrons. The van der Waals surface area contributed by atoms with Gasteiger partial charge in [-0.1, -0.05) is 12.1 Å². The van der Waals surface area contributed by atoms with Crippen LogP contribution in [0.5, 0.6) is 5.75 Å². The number of fused-ring (bicyclic) bond motifs is 1. The minimum Gasteiger partial charge on any atom is -0.497 e. The molecule has 0 spiro atoms. The first kappa shape index (κ1) is 16.1. The number of hydrogen-bond acceptors (Lipinski definition) is 6. The Hall–Kier alpha value is -3.42. The molecule has 3 heterocycles. The van der Waals surface area contributed by atoms with Gasteiger partial charge in [0.2, 0.25) is 0 Å². The highest BCUT2D eigenvalue weighted by molar-refractivity contribution is 5.82. The van der Waals surface area contributed by atoms with Crippen molar-refractivity contribution in [2.24, 2.45) is 14.1 Å². The van der Waals surface area contributed by atoms with Crippen LogP contribution in [0.2, 0.25) is 0 Å². The molecule has 0 saturated heterocycles. The van der Waals surface area contributed by atoms with E-state index < -0.39 is 0 Å². The van der Waals surface area contributed by atoms with Crippen molar-refractivity contribution < 1.29 is 4.74 Å². The maximum Gasteiger partial charge on any atom is 0.165 e. The van der Waals surface area contributed by atoms with Crippen LogP contribution in [-0.2, 0) is 14.1 Å². The van der Waals surface area contributed by atoms with E-state index in [4.69, 9.17) is 4.74 Å². The number of nitrogens with zero attached hydrogens (tertiary/aromatic N) is 6. The van der Waals surface area contributed by atoms with Crippen LogP contribution in [0.25, 0.3) is 11.2 Å². The smallest absolute Gasteiger partial charge is 0.165 e.